The highest BCUT2D eigenvalue weighted by Crippen LogP contribution is 2.24. The second-order valence-corrected chi connectivity index (χ2v) is 4.99. The van der Waals surface area contributed by atoms with Gasteiger partial charge in [-0.25, -0.2) is 9.59 Å². The molecule has 0 saturated carbocycles. The van der Waals surface area contributed by atoms with E-state index in [-0.39, 0.29) is 23.0 Å². The Bertz CT molecular complexity index is 495. The monoisotopic (exact) mass is 294 g/mol. The van der Waals surface area contributed by atoms with Crippen LogP contribution in [0.5, 0.6) is 5.75 Å². The van der Waals surface area contributed by atoms with Crippen molar-refractivity contribution in [2.75, 3.05) is 0 Å². The van der Waals surface area contributed by atoms with Crippen LogP contribution in [0.3, 0.4) is 0 Å². The molecule has 0 aliphatic carbocycles. The van der Waals surface area contributed by atoms with Crippen LogP contribution < -0.4 is 4.74 Å². The molecule has 5 nitrogen and oxygen atoms in total. The number of carboxylic acid groups (broad SMARTS) is 2. The van der Waals surface area contributed by atoms with Crippen LogP contribution in [0, 0.1) is 0 Å². The van der Waals surface area contributed by atoms with E-state index in [9.17, 15) is 14.7 Å². The van der Waals surface area contributed by atoms with E-state index < -0.39 is 11.9 Å². The van der Waals surface area contributed by atoms with E-state index in [1.54, 1.807) is 0 Å². The third-order valence-corrected chi connectivity index (χ3v) is 3.24. The summed E-state index contributed by atoms with van der Waals surface area (Å²) in [6.07, 6.45) is 4.51. The molecule has 1 rings (SSSR count). The van der Waals surface area contributed by atoms with Crippen molar-refractivity contribution < 1.29 is 24.5 Å². The molecule has 1 atom stereocenters. The summed E-state index contributed by atoms with van der Waals surface area (Å²) in [7, 11) is 0. The number of unbranched alkanes of at least 4 members (excludes halogenated alkanes) is 1. The van der Waals surface area contributed by atoms with Crippen LogP contribution in [-0.4, -0.2) is 28.3 Å². The van der Waals surface area contributed by atoms with Gasteiger partial charge in [-0.05, 0) is 31.0 Å². The SMILES string of the molecule is CCCCC(CCC)Oc1cc(C(=O)O)ccc1C(=O)O. The van der Waals surface area contributed by atoms with Crippen molar-refractivity contribution in [3.8, 4) is 5.75 Å². The molecule has 1 aromatic carbocycles. The lowest BCUT2D eigenvalue weighted by atomic mass is 10.1. The van der Waals surface area contributed by atoms with Gasteiger partial charge >= 0.3 is 11.9 Å². The molecule has 0 aromatic heterocycles. The van der Waals surface area contributed by atoms with Crippen LogP contribution in [0.4, 0.5) is 0 Å². The van der Waals surface area contributed by atoms with Gasteiger partial charge in [-0.2, -0.15) is 0 Å². The smallest absolute Gasteiger partial charge is 0.339 e. The number of aromatic carboxylic acids is 2. The highest BCUT2D eigenvalue weighted by molar-refractivity contribution is 5.94. The molecule has 116 valence electrons. The van der Waals surface area contributed by atoms with Crippen LogP contribution in [0.1, 0.15) is 66.7 Å². The summed E-state index contributed by atoms with van der Waals surface area (Å²) in [5.41, 5.74) is 0.0262. The van der Waals surface area contributed by atoms with Gasteiger partial charge < -0.3 is 14.9 Å². The van der Waals surface area contributed by atoms with Gasteiger partial charge in [0.2, 0.25) is 0 Å². The maximum atomic E-state index is 11.2. The van der Waals surface area contributed by atoms with Gasteiger partial charge in [-0.1, -0.05) is 33.1 Å². The quantitative estimate of drug-likeness (QED) is 0.723. The minimum Gasteiger partial charge on any atom is -0.490 e. The average Bonchev–Trinajstić information content (AvgIpc) is 2.44. The minimum absolute atomic E-state index is 0.00222. The third kappa shape index (κ3) is 5.10. The van der Waals surface area contributed by atoms with Crippen LogP contribution >= 0.6 is 0 Å². The Morgan fingerprint density at radius 3 is 2.33 bits per heavy atom. The highest BCUT2D eigenvalue weighted by Gasteiger charge is 2.18. The second-order valence-electron chi connectivity index (χ2n) is 4.99. The van der Waals surface area contributed by atoms with Gasteiger partial charge in [-0.3, -0.25) is 0 Å². The van der Waals surface area contributed by atoms with E-state index in [1.807, 2.05) is 6.92 Å². The first-order valence-corrected chi connectivity index (χ1v) is 7.26. The van der Waals surface area contributed by atoms with Crippen molar-refractivity contribution in [3.63, 3.8) is 0 Å². The number of benzene rings is 1. The number of carboxylic acids is 2. The van der Waals surface area contributed by atoms with Crippen molar-refractivity contribution in [2.24, 2.45) is 0 Å². The number of carbonyl (C=O) groups is 2. The maximum absolute atomic E-state index is 11.2. The number of hydrogen-bond donors (Lipinski definition) is 2. The Balaban J connectivity index is 3.03. The number of hydrogen-bond acceptors (Lipinski definition) is 3. The highest BCUT2D eigenvalue weighted by atomic mass is 16.5. The first-order valence-electron chi connectivity index (χ1n) is 7.26. The Labute approximate surface area is 124 Å². The van der Waals surface area contributed by atoms with Gasteiger partial charge in [0.05, 0.1) is 11.7 Å². The zero-order valence-corrected chi connectivity index (χ0v) is 12.5. The largest absolute Gasteiger partial charge is 0.490 e. The van der Waals surface area contributed by atoms with Crippen LogP contribution in [0.15, 0.2) is 18.2 Å². The van der Waals surface area contributed by atoms with E-state index in [1.165, 1.54) is 18.2 Å². The van der Waals surface area contributed by atoms with Crippen molar-refractivity contribution in [1.82, 2.24) is 0 Å². The van der Waals surface area contributed by atoms with E-state index in [0.717, 1.165) is 32.1 Å². The molecule has 0 spiro atoms. The summed E-state index contributed by atoms with van der Waals surface area (Å²) in [6.45, 7) is 4.12. The first kappa shape index (κ1) is 17.0. The zero-order chi connectivity index (χ0) is 15.8. The minimum atomic E-state index is -1.12. The Morgan fingerprint density at radius 2 is 1.81 bits per heavy atom. The fraction of sp³-hybridized carbons (Fsp3) is 0.500. The molecule has 0 saturated heterocycles. The predicted octanol–water partition coefficient (Wildman–Crippen LogP) is 3.82. The fourth-order valence-electron chi connectivity index (χ4n) is 2.13. The Hall–Kier alpha value is -2.04. The molecular formula is C16H22O5. The van der Waals surface area contributed by atoms with Gasteiger partial charge in [0.1, 0.15) is 11.3 Å². The van der Waals surface area contributed by atoms with Crippen LogP contribution in [0.25, 0.3) is 0 Å². The summed E-state index contributed by atoms with van der Waals surface area (Å²) < 4.78 is 5.80. The molecule has 0 fully saturated rings. The predicted molar refractivity (Wildman–Crippen MR) is 79.2 cm³/mol. The number of rotatable bonds is 9. The topological polar surface area (TPSA) is 83.8 Å². The summed E-state index contributed by atoms with van der Waals surface area (Å²) >= 11 is 0. The number of ether oxygens (including phenoxy) is 1. The van der Waals surface area contributed by atoms with Crippen molar-refractivity contribution in [1.29, 1.82) is 0 Å². The molecule has 0 aliphatic heterocycles. The summed E-state index contributed by atoms with van der Waals surface area (Å²) in [6, 6.07) is 3.85. The Morgan fingerprint density at radius 1 is 1.10 bits per heavy atom. The first-order chi connectivity index (χ1) is 9.99. The lowest BCUT2D eigenvalue weighted by Gasteiger charge is -2.20. The van der Waals surface area contributed by atoms with E-state index in [0.29, 0.717) is 0 Å². The molecule has 0 heterocycles. The molecule has 5 heteroatoms. The lowest BCUT2D eigenvalue weighted by molar-refractivity contribution is 0.0672. The second kappa shape index (κ2) is 8.29. The summed E-state index contributed by atoms with van der Waals surface area (Å²) in [5.74, 6) is -2.08. The van der Waals surface area contributed by atoms with Crippen molar-refractivity contribution in [2.45, 2.75) is 52.1 Å². The van der Waals surface area contributed by atoms with E-state index in [4.69, 9.17) is 9.84 Å². The van der Waals surface area contributed by atoms with E-state index in [2.05, 4.69) is 6.92 Å². The molecule has 0 amide bonds. The normalized spacial score (nSPS) is 11.9. The third-order valence-electron chi connectivity index (χ3n) is 3.24. The summed E-state index contributed by atoms with van der Waals surface area (Å²) in [4.78, 5) is 22.2. The van der Waals surface area contributed by atoms with Crippen molar-refractivity contribution >= 4 is 11.9 Å². The lowest BCUT2D eigenvalue weighted by Crippen LogP contribution is -2.18. The molecule has 21 heavy (non-hydrogen) atoms. The molecule has 1 unspecified atom stereocenters. The maximum Gasteiger partial charge on any atom is 0.339 e. The van der Waals surface area contributed by atoms with E-state index >= 15 is 0 Å². The van der Waals surface area contributed by atoms with Gasteiger partial charge in [0.25, 0.3) is 0 Å². The van der Waals surface area contributed by atoms with Crippen LogP contribution in [-0.2, 0) is 0 Å². The van der Waals surface area contributed by atoms with Crippen LogP contribution in [0.2, 0.25) is 0 Å². The fourth-order valence-corrected chi connectivity index (χ4v) is 2.13. The summed E-state index contributed by atoms with van der Waals surface area (Å²) in [5, 5.41) is 18.2. The molecule has 2 N–H and O–H groups in total. The average molecular weight is 294 g/mol. The van der Waals surface area contributed by atoms with Gasteiger partial charge in [0.15, 0.2) is 0 Å². The molecular weight excluding hydrogens is 272 g/mol. The van der Waals surface area contributed by atoms with Crippen molar-refractivity contribution in [3.05, 3.63) is 29.3 Å². The standard InChI is InChI=1S/C16H22O5/c1-3-5-7-12(6-4-2)21-14-10-11(15(17)18)8-9-13(14)16(19)20/h8-10,12H,3-7H2,1-2H3,(H,17,18)(H,19,20). The van der Waals surface area contributed by atoms with Gasteiger partial charge in [0, 0.05) is 0 Å². The molecule has 0 aliphatic rings. The van der Waals surface area contributed by atoms with Gasteiger partial charge in [-0.15, -0.1) is 0 Å². The Kier molecular flexibility index (Phi) is 6.72. The zero-order valence-electron chi connectivity index (χ0n) is 12.5. The molecule has 0 radical (unpaired) electrons. The molecule has 1 aromatic rings. The molecule has 0 bridgehead atoms.